The summed E-state index contributed by atoms with van der Waals surface area (Å²) in [6.07, 6.45) is 6.23. The lowest BCUT2D eigenvalue weighted by molar-refractivity contribution is -0.203. The molecule has 4 saturated carbocycles. The Morgan fingerprint density at radius 1 is 1.00 bits per heavy atom. The topological polar surface area (TPSA) is 98.0 Å². The Labute approximate surface area is 187 Å². The molecule has 0 saturated heterocycles. The van der Waals surface area contributed by atoms with E-state index in [-0.39, 0.29) is 59.0 Å². The van der Waals surface area contributed by atoms with E-state index in [0.717, 1.165) is 44.9 Å². The number of fused-ring (bicyclic) bond motifs is 5. The summed E-state index contributed by atoms with van der Waals surface area (Å²) >= 11 is 0. The minimum absolute atomic E-state index is 0.0465. The Morgan fingerprint density at radius 2 is 1.68 bits per heavy atom. The van der Waals surface area contributed by atoms with Crippen molar-refractivity contribution in [3.8, 4) is 0 Å². The quantitative estimate of drug-likeness (QED) is 0.520. The van der Waals surface area contributed by atoms with E-state index in [4.69, 9.17) is 5.11 Å². The molecular formula is C26H44O5. The minimum Gasteiger partial charge on any atom is -0.481 e. The van der Waals surface area contributed by atoms with Crippen molar-refractivity contribution in [3.63, 3.8) is 0 Å². The first-order valence-corrected chi connectivity index (χ1v) is 12.8. The maximum Gasteiger partial charge on any atom is 0.303 e. The zero-order chi connectivity index (χ0) is 22.7. The van der Waals surface area contributed by atoms with Gasteiger partial charge in [0.25, 0.3) is 0 Å². The average Bonchev–Trinajstić information content (AvgIpc) is 2.98. The summed E-state index contributed by atoms with van der Waals surface area (Å²) in [7, 11) is 0. The second-order valence-corrected chi connectivity index (χ2v) is 12.2. The van der Waals surface area contributed by atoms with Crippen LogP contribution < -0.4 is 0 Å². The van der Waals surface area contributed by atoms with Gasteiger partial charge in [-0.15, -0.1) is 0 Å². The SMILES string of the molecule is CC[C@H]1[C@@H](O)[C@@H]2[C@H](CC[C@]3(C)[C@@H]([C@H](C)CCC(=O)O)[C@H](O)C[C@@H]23)[C@@]2(C)CC[C@@H](O)C[C@@H]12. The molecule has 4 aliphatic rings. The van der Waals surface area contributed by atoms with E-state index >= 15 is 0 Å². The van der Waals surface area contributed by atoms with Gasteiger partial charge in [0.1, 0.15) is 0 Å². The van der Waals surface area contributed by atoms with Crippen LogP contribution in [0.2, 0.25) is 0 Å². The van der Waals surface area contributed by atoms with Crippen LogP contribution in [0.3, 0.4) is 0 Å². The van der Waals surface area contributed by atoms with Crippen LogP contribution in [0, 0.1) is 52.3 Å². The molecule has 0 aromatic carbocycles. The molecule has 4 N–H and O–H groups in total. The molecule has 178 valence electrons. The van der Waals surface area contributed by atoms with Gasteiger partial charge in [-0.2, -0.15) is 0 Å². The Balaban J connectivity index is 1.65. The number of hydrogen-bond acceptors (Lipinski definition) is 4. The number of carboxylic acids is 1. The third kappa shape index (κ3) is 3.58. The molecule has 31 heavy (non-hydrogen) atoms. The van der Waals surface area contributed by atoms with Crippen molar-refractivity contribution in [2.75, 3.05) is 0 Å². The summed E-state index contributed by atoms with van der Waals surface area (Å²) in [5.41, 5.74) is 0.109. The Kier molecular flexibility index (Phi) is 6.28. The predicted molar refractivity (Wildman–Crippen MR) is 119 cm³/mol. The van der Waals surface area contributed by atoms with Crippen molar-refractivity contribution < 1.29 is 25.2 Å². The molecule has 5 nitrogen and oxygen atoms in total. The number of aliphatic hydroxyl groups is 3. The highest BCUT2D eigenvalue weighted by Gasteiger charge is 2.66. The molecule has 0 heterocycles. The molecule has 4 rings (SSSR count). The van der Waals surface area contributed by atoms with Crippen molar-refractivity contribution in [3.05, 3.63) is 0 Å². The Morgan fingerprint density at radius 3 is 2.32 bits per heavy atom. The van der Waals surface area contributed by atoms with Crippen LogP contribution in [0.1, 0.15) is 85.5 Å². The van der Waals surface area contributed by atoms with Gasteiger partial charge >= 0.3 is 5.97 Å². The molecule has 0 unspecified atom stereocenters. The number of aliphatic carboxylic acids is 1. The van der Waals surface area contributed by atoms with Crippen molar-refractivity contribution >= 4 is 5.97 Å². The number of rotatable bonds is 5. The normalized spacial score (nSPS) is 52.7. The Bertz CT molecular complexity index is 681. The van der Waals surface area contributed by atoms with Crippen LogP contribution in [0.5, 0.6) is 0 Å². The average molecular weight is 437 g/mol. The first kappa shape index (κ1) is 23.5. The van der Waals surface area contributed by atoms with Gasteiger partial charge in [0.05, 0.1) is 18.3 Å². The van der Waals surface area contributed by atoms with Gasteiger partial charge < -0.3 is 20.4 Å². The van der Waals surface area contributed by atoms with Crippen LogP contribution in [0.4, 0.5) is 0 Å². The van der Waals surface area contributed by atoms with E-state index in [1.807, 2.05) is 0 Å². The smallest absolute Gasteiger partial charge is 0.303 e. The number of hydrogen-bond donors (Lipinski definition) is 4. The molecule has 0 aromatic rings. The van der Waals surface area contributed by atoms with Crippen molar-refractivity contribution in [1.82, 2.24) is 0 Å². The summed E-state index contributed by atoms with van der Waals surface area (Å²) < 4.78 is 0. The van der Waals surface area contributed by atoms with E-state index in [0.29, 0.717) is 18.3 Å². The fourth-order valence-corrected chi connectivity index (χ4v) is 9.57. The largest absolute Gasteiger partial charge is 0.481 e. The fourth-order valence-electron chi connectivity index (χ4n) is 9.57. The maximum atomic E-state index is 11.7. The molecular weight excluding hydrogens is 392 g/mol. The fraction of sp³-hybridized carbons (Fsp3) is 0.962. The van der Waals surface area contributed by atoms with Gasteiger partial charge in [-0.3, -0.25) is 4.79 Å². The van der Waals surface area contributed by atoms with E-state index in [1.165, 1.54) is 0 Å². The lowest BCUT2D eigenvalue weighted by Crippen LogP contribution is -2.62. The molecule has 0 bridgehead atoms. The number of aliphatic hydroxyl groups excluding tert-OH is 3. The monoisotopic (exact) mass is 436 g/mol. The van der Waals surface area contributed by atoms with Crippen LogP contribution in [-0.4, -0.2) is 44.7 Å². The highest BCUT2D eigenvalue weighted by molar-refractivity contribution is 5.66. The summed E-state index contributed by atoms with van der Waals surface area (Å²) in [5.74, 6) is 1.01. The number of carbonyl (C=O) groups is 1. The van der Waals surface area contributed by atoms with Gasteiger partial charge in [-0.05, 0) is 97.2 Å². The van der Waals surface area contributed by atoms with Crippen molar-refractivity contribution in [2.45, 2.75) is 104 Å². The van der Waals surface area contributed by atoms with Crippen LogP contribution in [0.15, 0.2) is 0 Å². The second-order valence-electron chi connectivity index (χ2n) is 12.2. The van der Waals surface area contributed by atoms with Crippen molar-refractivity contribution in [1.29, 1.82) is 0 Å². The summed E-state index contributed by atoms with van der Waals surface area (Å²) in [4.78, 5) is 11.1. The summed E-state index contributed by atoms with van der Waals surface area (Å²) in [5, 5.41) is 42.5. The lowest BCUT2D eigenvalue weighted by Gasteiger charge is -2.64. The molecule has 5 heteroatoms. The van der Waals surface area contributed by atoms with Crippen LogP contribution >= 0.6 is 0 Å². The molecule has 4 fully saturated rings. The van der Waals surface area contributed by atoms with E-state index in [9.17, 15) is 20.1 Å². The van der Waals surface area contributed by atoms with Crippen molar-refractivity contribution in [2.24, 2.45) is 52.3 Å². The van der Waals surface area contributed by atoms with E-state index in [2.05, 4.69) is 27.7 Å². The minimum atomic E-state index is -0.767. The third-order valence-electron chi connectivity index (χ3n) is 10.9. The van der Waals surface area contributed by atoms with Gasteiger partial charge in [0.2, 0.25) is 0 Å². The maximum absolute atomic E-state index is 11.7. The van der Waals surface area contributed by atoms with Crippen LogP contribution in [-0.2, 0) is 4.79 Å². The zero-order valence-electron chi connectivity index (χ0n) is 19.8. The van der Waals surface area contributed by atoms with Crippen LogP contribution in [0.25, 0.3) is 0 Å². The van der Waals surface area contributed by atoms with E-state index in [1.54, 1.807) is 0 Å². The lowest BCUT2D eigenvalue weighted by atomic mass is 9.41. The summed E-state index contributed by atoms with van der Waals surface area (Å²) in [6.45, 7) is 9.04. The molecule has 0 amide bonds. The first-order valence-electron chi connectivity index (χ1n) is 12.8. The number of carboxylic acid groups (broad SMARTS) is 1. The standard InChI is InChI=1S/C26H44O5/c1-5-16-18-12-15(27)8-10-25(18,3)17-9-11-26(4)19(22(17)24(16)31)13-20(28)23(26)14(2)6-7-21(29)30/h14-20,22-24,27-28,31H,5-13H2,1-4H3,(H,29,30)/t14-,15-,16-,17+,18+,19+,20-,22-,23+,24-,25-,26+/m1/s1. The molecule has 0 aromatic heterocycles. The first-order chi connectivity index (χ1) is 14.5. The Hall–Kier alpha value is -0.650. The second kappa shape index (κ2) is 8.29. The predicted octanol–water partition coefficient (Wildman–Crippen LogP) is 4.08. The summed E-state index contributed by atoms with van der Waals surface area (Å²) in [6, 6.07) is 0. The molecule has 0 spiro atoms. The molecule has 4 aliphatic carbocycles. The highest BCUT2D eigenvalue weighted by Crippen LogP contribution is 2.69. The van der Waals surface area contributed by atoms with Gasteiger partial charge in [0, 0.05) is 6.42 Å². The highest BCUT2D eigenvalue weighted by atomic mass is 16.4. The van der Waals surface area contributed by atoms with Gasteiger partial charge in [-0.25, -0.2) is 0 Å². The molecule has 0 aliphatic heterocycles. The van der Waals surface area contributed by atoms with E-state index < -0.39 is 12.1 Å². The zero-order valence-corrected chi connectivity index (χ0v) is 19.8. The van der Waals surface area contributed by atoms with Gasteiger partial charge in [0.15, 0.2) is 0 Å². The van der Waals surface area contributed by atoms with Gasteiger partial charge in [-0.1, -0.05) is 34.1 Å². The third-order valence-corrected chi connectivity index (χ3v) is 10.9. The molecule has 0 radical (unpaired) electrons. The molecule has 12 atom stereocenters.